The predicted molar refractivity (Wildman–Crippen MR) is 96.6 cm³/mol. The number of thioether (sulfide) groups is 1. The van der Waals surface area contributed by atoms with Gasteiger partial charge in [0.05, 0.1) is 5.51 Å². The van der Waals surface area contributed by atoms with Crippen molar-refractivity contribution in [3.8, 4) is 0 Å². The lowest BCUT2D eigenvalue weighted by Gasteiger charge is -2.18. The Labute approximate surface area is 139 Å². The first-order valence-electron chi connectivity index (χ1n) is 7.01. The quantitative estimate of drug-likeness (QED) is 0.633. The van der Waals surface area contributed by atoms with Crippen LogP contribution in [0.1, 0.15) is 31.2 Å². The van der Waals surface area contributed by atoms with Crippen LogP contribution in [0.2, 0.25) is 0 Å². The molecule has 0 bridgehead atoms. The average Bonchev–Trinajstić information content (AvgIpc) is 2.91. The third-order valence-electron chi connectivity index (χ3n) is 2.73. The molecule has 3 nitrogen and oxygen atoms in total. The number of carbonyl (C=O) groups is 1. The van der Waals surface area contributed by atoms with Gasteiger partial charge in [0, 0.05) is 32.5 Å². The number of rotatable bonds is 4. The highest BCUT2D eigenvalue weighted by atomic mass is 32.2. The van der Waals surface area contributed by atoms with Crippen molar-refractivity contribution in [1.82, 2.24) is 4.98 Å². The van der Waals surface area contributed by atoms with Gasteiger partial charge in [0.25, 0.3) is 0 Å². The smallest absolute Gasteiger partial charge is 0.248 e. The summed E-state index contributed by atoms with van der Waals surface area (Å²) >= 11 is 3.32. The van der Waals surface area contributed by atoms with Crippen molar-refractivity contribution in [3.63, 3.8) is 0 Å². The molecule has 0 unspecified atom stereocenters. The number of nitrogens with one attached hydrogen (secondary N) is 1. The Bertz CT molecular complexity index is 670. The van der Waals surface area contributed by atoms with Crippen molar-refractivity contribution < 1.29 is 4.79 Å². The van der Waals surface area contributed by atoms with E-state index in [1.165, 1.54) is 22.3 Å². The van der Waals surface area contributed by atoms with Crippen LogP contribution in [0.5, 0.6) is 0 Å². The molecule has 1 heterocycles. The summed E-state index contributed by atoms with van der Waals surface area (Å²) < 4.78 is 0.175. The molecule has 1 aromatic heterocycles. The molecular formula is C17H20N2OS2. The van der Waals surface area contributed by atoms with Gasteiger partial charge in [-0.2, -0.15) is 0 Å². The van der Waals surface area contributed by atoms with Gasteiger partial charge < -0.3 is 5.32 Å². The van der Waals surface area contributed by atoms with E-state index in [2.05, 4.69) is 37.1 Å². The molecule has 0 saturated carbocycles. The Morgan fingerprint density at radius 1 is 1.36 bits per heavy atom. The first-order valence-corrected chi connectivity index (χ1v) is 8.70. The van der Waals surface area contributed by atoms with Crippen LogP contribution in [-0.2, 0) is 4.79 Å². The molecule has 1 amide bonds. The lowest BCUT2D eigenvalue weighted by molar-refractivity contribution is -0.111. The zero-order chi connectivity index (χ0) is 16.2. The van der Waals surface area contributed by atoms with E-state index in [4.69, 9.17) is 0 Å². The molecule has 0 aliphatic heterocycles. The number of carbonyl (C=O) groups excluding carboxylic acids is 1. The molecule has 2 aromatic rings. The van der Waals surface area contributed by atoms with E-state index in [1.807, 2.05) is 30.8 Å². The van der Waals surface area contributed by atoms with Crippen LogP contribution in [0.15, 0.2) is 40.9 Å². The number of hydrogen-bond acceptors (Lipinski definition) is 4. The second kappa shape index (κ2) is 7.11. The Hall–Kier alpha value is -1.59. The minimum atomic E-state index is -0.132. The number of anilines is 1. The highest BCUT2D eigenvalue weighted by Gasteiger charge is 2.13. The molecule has 116 valence electrons. The Morgan fingerprint density at radius 3 is 2.73 bits per heavy atom. The summed E-state index contributed by atoms with van der Waals surface area (Å²) in [5, 5.41) is 2.91. The van der Waals surface area contributed by atoms with Crippen LogP contribution in [0.4, 0.5) is 5.69 Å². The summed E-state index contributed by atoms with van der Waals surface area (Å²) in [6, 6.07) is 6.12. The van der Waals surface area contributed by atoms with Crippen molar-refractivity contribution in [3.05, 3.63) is 46.4 Å². The molecule has 1 N–H and O–H groups in total. The monoisotopic (exact) mass is 332 g/mol. The number of nitrogens with zero attached hydrogens (tertiary/aromatic N) is 1. The summed E-state index contributed by atoms with van der Waals surface area (Å²) in [7, 11) is 0. The van der Waals surface area contributed by atoms with Crippen LogP contribution in [0, 0.1) is 6.92 Å². The highest BCUT2D eigenvalue weighted by Crippen LogP contribution is 2.33. The molecule has 5 heteroatoms. The van der Waals surface area contributed by atoms with Crippen molar-refractivity contribution in [1.29, 1.82) is 0 Å². The Kier molecular flexibility index (Phi) is 5.42. The van der Waals surface area contributed by atoms with Gasteiger partial charge in [-0.15, -0.1) is 23.1 Å². The van der Waals surface area contributed by atoms with E-state index in [-0.39, 0.29) is 10.7 Å². The number of amides is 1. The van der Waals surface area contributed by atoms with E-state index in [0.29, 0.717) is 0 Å². The van der Waals surface area contributed by atoms with Gasteiger partial charge in [-0.05, 0) is 36.8 Å². The van der Waals surface area contributed by atoms with Gasteiger partial charge in [-0.3, -0.25) is 9.78 Å². The summed E-state index contributed by atoms with van der Waals surface area (Å²) in [6.45, 7) is 8.57. The summed E-state index contributed by atoms with van der Waals surface area (Å²) in [6.07, 6.45) is 5.04. The fourth-order valence-electron chi connectivity index (χ4n) is 1.83. The molecule has 0 aliphatic carbocycles. The van der Waals surface area contributed by atoms with E-state index < -0.39 is 0 Å². The van der Waals surface area contributed by atoms with Gasteiger partial charge in [-0.1, -0.05) is 20.8 Å². The minimum absolute atomic E-state index is 0.132. The summed E-state index contributed by atoms with van der Waals surface area (Å²) in [4.78, 5) is 18.1. The summed E-state index contributed by atoms with van der Waals surface area (Å²) in [5.74, 6) is -0.132. The SMILES string of the molecule is Cc1cc(SC(C)(C)C)ccc1NC(=O)/C=C/c1cncs1. The van der Waals surface area contributed by atoms with Crippen LogP contribution in [0.25, 0.3) is 6.08 Å². The first-order chi connectivity index (χ1) is 10.3. The van der Waals surface area contributed by atoms with Crippen LogP contribution in [0.3, 0.4) is 0 Å². The lowest BCUT2D eigenvalue weighted by atomic mass is 10.2. The number of aromatic nitrogens is 1. The molecule has 0 radical (unpaired) electrons. The number of aryl methyl sites for hydroxylation is 1. The zero-order valence-electron chi connectivity index (χ0n) is 13.2. The molecule has 0 aliphatic rings. The third kappa shape index (κ3) is 5.31. The topological polar surface area (TPSA) is 42.0 Å². The van der Waals surface area contributed by atoms with Gasteiger partial charge >= 0.3 is 0 Å². The fraction of sp³-hybridized carbons (Fsp3) is 0.294. The maximum absolute atomic E-state index is 12.0. The molecule has 0 saturated heterocycles. The second-order valence-electron chi connectivity index (χ2n) is 5.92. The van der Waals surface area contributed by atoms with Crippen LogP contribution < -0.4 is 5.32 Å². The van der Waals surface area contributed by atoms with E-state index in [1.54, 1.807) is 17.8 Å². The van der Waals surface area contributed by atoms with E-state index in [9.17, 15) is 4.79 Å². The number of benzene rings is 1. The molecule has 2 rings (SSSR count). The minimum Gasteiger partial charge on any atom is -0.322 e. The first kappa shape index (κ1) is 16.8. The molecule has 0 fully saturated rings. The normalized spacial score (nSPS) is 11.8. The second-order valence-corrected chi connectivity index (χ2v) is 8.74. The van der Waals surface area contributed by atoms with Crippen molar-refractivity contribution in [2.75, 3.05) is 5.32 Å². The highest BCUT2D eigenvalue weighted by molar-refractivity contribution is 8.00. The third-order valence-corrected chi connectivity index (χ3v) is 4.57. The maximum Gasteiger partial charge on any atom is 0.248 e. The van der Waals surface area contributed by atoms with Gasteiger partial charge in [0.1, 0.15) is 0 Å². The van der Waals surface area contributed by atoms with E-state index >= 15 is 0 Å². The molecule has 1 aromatic carbocycles. The lowest BCUT2D eigenvalue weighted by Crippen LogP contribution is -2.09. The number of thiazole rings is 1. The molecular weight excluding hydrogens is 312 g/mol. The standard InChI is InChI=1S/C17H20N2OS2/c1-12-9-13(22-17(2,3)4)5-7-15(12)19-16(20)8-6-14-10-18-11-21-14/h5-11H,1-4H3,(H,19,20)/b8-6+. The van der Waals surface area contributed by atoms with Crippen molar-refractivity contribution in [2.45, 2.75) is 37.3 Å². The maximum atomic E-state index is 12.0. The Balaban J connectivity index is 2.02. The van der Waals surface area contributed by atoms with Crippen LogP contribution in [-0.4, -0.2) is 15.6 Å². The molecule has 22 heavy (non-hydrogen) atoms. The van der Waals surface area contributed by atoms with E-state index in [0.717, 1.165) is 16.1 Å². The molecule has 0 spiro atoms. The largest absolute Gasteiger partial charge is 0.322 e. The van der Waals surface area contributed by atoms with Crippen molar-refractivity contribution >= 4 is 40.8 Å². The molecule has 0 atom stereocenters. The van der Waals surface area contributed by atoms with Gasteiger partial charge in [0.15, 0.2) is 0 Å². The van der Waals surface area contributed by atoms with Crippen LogP contribution >= 0.6 is 23.1 Å². The zero-order valence-corrected chi connectivity index (χ0v) is 14.8. The Morgan fingerprint density at radius 2 is 2.14 bits per heavy atom. The van der Waals surface area contributed by atoms with Gasteiger partial charge in [-0.25, -0.2) is 0 Å². The number of hydrogen-bond donors (Lipinski definition) is 1. The average molecular weight is 332 g/mol. The van der Waals surface area contributed by atoms with Crippen molar-refractivity contribution in [2.24, 2.45) is 0 Å². The fourth-order valence-corrected chi connectivity index (χ4v) is 3.42. The van der Waals surface area contributed by atoms with Gasteiger partial charge in [0.2, 0.25) is 5.91 Å². The summed E-state index contributed by atoms with van der Waals surface area (Å²) in [5.41, 5.74) is 3.65. The predicted octanol–water partition coefficient (Wildman–Crippen LogP) is 4.99.